The van der Waals surface area contributed by atoms with Crippen LogP contribution in [0.5, 0.6) is 5.75 Å². The molecule has 1 fully saturated rings. The number of carbonyl (C=O) groups is 2. The Balaban J connectivity index is 1.45. The normalized spacial score (nSPS) is 17.0. The van der Waals surface area contributed by atoms with Gasteiger partial charge in [0.2, 0.25) is 0 Å². The summed E-state index contributed by atoms with van der Waals surface area (Å²) in [6, 6.07) is 10.7. The quantitative estimate of drug-likeness (QED) is 0.537. The number of ether oxygens (including phenoxy) is 1. The van der Waals surface area contributed by atoms with Gasteiger partial charge < -0.3 is 15.4 Å². The molecule has 1 saturated heterocycles. The predicted octanol–water partition coefficient (Wildman–Crippen LogP) is 2.17. The Morgan fingerprint density at radius 3 is 2.56 bits per heavy atom. The van der Waals surface area contributed by atoms with E-state index in [9.17, 15) is 18.0 Å². The minimum absolute atomic E-state index is 0.190. The molecule has 0 spiro atoms. The van der Waals surface area contributed by atoms with Crippen molar-refractivity contribution >= 4 is 33.2 Å². The van der Waals surface area contributed by atoms with E-state index < -0.39 is 21.8 Å². The smallest absolute Gasteiger partial charge is 0.309 e. The van der Waals surface area contributed by atoms with Crippen molar-refractivity contribution in [1.82, 2.24) is 14.9 Å². The fraction of sp³-hybridized carbons (Fsp3) is 0.455. The molecule has 0 radical (unpaired) electrons. The topological polar surface area (TPSA) is 105 Å². The third kappa shape index (κ3) is 6.08. The van der Waals surface area contributed by atoms with E-state index >= 15 is 0 Å². The van der Waals surface area contributed by atoms with Gasteiger partial charge in [0.1, 0.15) is 9.96 Å². The largest absolute Gasteiger partial charge is 0.496 e. The molecule has 2 N–H and O–H groups in total. The first kappa shape index (κ1) is 24.2. The lowest BCUT2D eigenvalue weighted by Crippen LogP contribution is -2.46. The number of hydrogen-bond donors (Lipinski definition) is 2. The summed E-state index contributed by atoms with van der Waals surface area (Å²) in [6.45, 7) is 1.02. The summed E-state index contributed by atoms with van der Waals surface area (Å²) >= 11 is 1.21. The highest BCUT2D eigenvalue weighted by molar-refractivity contribution is 7.91. The number of methoxy groups -OCH3 is 1. The van der Waals surface area contributed by atoms with Gasteiger partial charge in [-0.3, -0.25) is 9.59 Å². The highest BCUT2D eigenvalue weighted by Crippen LogP contribution is 2.29. The first-order chi connectivity index (χ1) is 15.4. The van der Waals surface area contributed by atoms with Gasteiger partial charge in [-0.2, -0.15) is 4.31 Å². The summed E-state index contributed by atoms with van der Waals surface area (Å²) < 4.78 is 33.0. The molecule has 0 aliphatic carbocycles. The molecule has 1 aromatic carbocycles. The maximum atomic E-state index is 12.9. The second kappa shape index (κ2) is 11.4. The lowest BCUT2D eigenvalue weighted by molar-refractivity contribution is -0.139. The maximum absolute atomic E-state index is 12.9. The summed E-state index contributed by atoms with van der Waals surface area (Å²) in [7, 11) is -1.94. The van der Waals surface area contributed by atoms with Gasteiger partial charge in [0, 0.05) is 25.7 Å². The number of carbonyl (C=O) groups excluding carboxylic acids is 2. The van der Waals surface area contributed by atoms with Crippen molar-refractivity contribution in [3.63, 3.8) is 0 Å². The molecule has 1 atom stereocenters. The van der Waals surface area contributed by atoms with Gasteiger partial charge in [0.05, 0.1) is 7.11 Å². The SMILES string of the molecule is COc1ccccc1CCNC(=O)C(=O)NCC[C@@H]1CCCCN1S(=O)(=O)c1cccs1. The molecule has 0 unspecified atom stereocenters. The number of sulfonamides is 1. The number of benzene rings is 1. The highest BCUT2D eigenvalue weighted by Gasteiger charge is 2.33. The third-order valence-electron chi connectivity index (χ3n) is 5.47. The van der Waals surface area contributed by atoms with Crippen molar-refractivity contribution in [3.8, 4) is 5.75 Å². The van der Waals surface area contributed by atoms with Gasteiger partial charge in [0.25, 0.3) is 10.0 Å². The molecule has 1 aromatic heterocycles. The number of para-hydroxylation sites is 1. The molecule has 2 aromatic rings. The van der Waals surface area contributed by atoms with Crippen LogP contribution in [0.4, 0.5) is 0 Å². The molecule has 174 valence electrons. The van der Waals surface area contributed by atoms with Crippen LogP contribution in [0.1, 0.15) is 31.2 Å². The van der Waals surface area contributed by atoms with E-state index in [1.165, 1.54) is 11.3 Å². The van der Waals surface area contributed by atoms with Gasteiger partial charge in [0.15, 0.2) is 0 Å². The first-order valence-electron chi connectivity index (χ1n) is 10.7. The van der Waals surface area contributed by atoms with Crippen LogP contribution >= 0.6 is 11.3 Å². The van der Waals surface area contributed by atoms with Gasteiger partial charge in [-0.25, -0.2) is 8.42 Å². The van der Waals surface area contributed by atoms with Gasteiger partial charge in [-0.15, -0.1) is 11.3 Å². The van der Waals surface area contributed by atoms with Crippen molar-refractivity contribution in [3.05, 3.63) is 47.3 Å². The van der Waals surface area contributed by atoms with E-state index in [2.05, 4.69) is 10.6 Å². The van der Waals surface area contributed by atoms with Crippen LogP contribution in [0.2, 0.25) is 0 Å². The molecule has 8 nitrogen and oxygen atoms in total. The average Bonchev–Trinajstić information content (AvgIpc) is 3.35. The van der Waals surface area contributed by atoms with Crippen LogP contribution in [0.3, 0.4) is 0 Å². The second-order valence-electron chi connectivity index (χ2n) is 7.56. The van der Waals surface area contributed by atoms with Crippen LogP contribution in [0.15, 0.2) is 46.0 Å². The molecule has 10 heteroatoms. The summed E-state index contributed by atoms with van der Waals surface area (Å²) in [5.74, 6) is -0.680. The molecule has 2 heterocycles. The number of piperidine rings is 1. The lowest BCUT2D eigenvalue weighted by atomic mass is 10.0. The van der Waals surface area contributed by atoms with E-state index in [1.807, 2.05) is 24.3 Å². The van der Waals surface area contributed by atoms with Crippen LogP contribution in [0.25, 0.3) is 0 Å². The van der Waals surface area contributed by atoms with E-state index in [4.69, 9.17) is 4.74 Å². The van der Waals surface area contributed by atoms with Gasteiger partial charge in [-0.1, -0.05) is 30.7 Å². The Hall–Kier alpha value is -2.43. The Bertz CT molecular complexity index is 1010. The Kier molecular flexibility index (Phi) is 8.66. The predicted molar refractivity (Wildman–Crippen MR) is 123 cm³/mol. The maximum Gasteiger partial charge on any atom is 0.309 e. The van der Waals surface area contributed by atoms with E-state index in [1.54, 1.807) is 28.9 Å². The van der Waals surface area contributed by atoms with Crippen LogP contribution in [-0.2, 0) is 26.0 Å². The summed E-state index contributed by atoms with van der Waals surface area (Å²) in [5.41, 5.74) is 0.944. The minimum atomic E-state index is -3.53. The minimum Gasteiger partial charge on any atom is -0.496 e. The Morgan fingerprint density at radius 1 is 1.09 bits per heavy atom. The zero-order valence-corrected chi connectivity index (χ0v) is 19.7. The number of rotatable bonds is 9. The van der Waals surface area contributed by atoms with Crippen molar-refractivity contribution in [2.24, 2.45) is 0 Å². The molecule has 1 aliphatic rings. The van der Waals surface area contributed by atoms with Crippen molar-refractivity contribution in [2.75, 3.05) is 26.7 Å². The zero-order chi connectivity index (χ0) is 23.0. The van der Waals surface area contributed by atoms with Gasteiger partial charge in [-0.05, 0) is 48.8 Å². The third-order valence-corrected chi connectivity index (χ3v) is 8.80. The van der Waals surface area contributed by atoms with E-state index in [0.717, 1.165) is 30.6 Å². The number of thiophene rings is 1. The standard InChI is InChI=1S/C22H29N3O5S2/c1-30-19-9-3-2-7-17(19)11-13-23-21(26)22(27)24-14-12-18-8-4-5-15-25(18)32(28,29)20-10-6-16-31-20/h2-3,6-7,9-10,16,18H,4-5,8,11-15H2,1H3,(H,23,26)(H,24,27)/t18-/m0/s1. The number of nitrogens with one attached hydrogen (secondary N) is 2. The molecular weight excluding hydrogens is 450 g/mol. The molecular formula is C22H29N3O5S2. The zero-order valence-electron chi connectivity index (χ0n) is 18.1. The van der Waals surface area contributed by atoms with Crippen molar-refractivity contribution < 1.29 is 22.7 Å². The number of amides is 2. The summed E-state index contributed by atoms with van der Waals surface area (Å²) in [6.07, 6.45) is 3.51. The summed E-state index contributed by atoms with van der Waals surface area (Å²) in [4.78, 5) is 24.2. The Labute approximate surface area is 193 Å². The molecule has 32 heavy (non-hydrogen) atoms. The number of nitrogens with zero attached hydrogens (tertiary/aromatic N) is 1. The molecule has 2 amide bonds. The van der Waals surface area contributed by atoms with Crippen LogP contribution < -0.4 is 15.4 Å². The lowest BCUT2D eigenvalue weighted by Gasteiger charge is -2.34. The van der Waals surface area contributed by atoms with Crippen LogP contribution in [0, 0.1) is 0 Å². The summed E-state index contributed by atoms with van der Waals surface area (Å²) in [5, 5.41) is 6.97. The fourth-order valence-electron chi connectivity index (χ4n) is 3.84. The average molecular weight is 480 g/mol. The Morgan fingerprint density at radius 2 is 1.84 bits per heavy atom. The van der Waals surface area contributed by atoms with E-state index in [-0.39, 0.29) is 12.6 Å². The van der Waals surface area contributed by atoms with E-state index in [0.29, 0.717) is 30.1 Å². The van der Waals surface area contributed by atoms with Crippen molar-refractivity contribution in [1.29, 1.82) is 0 Å². The molecule has 1 aliphatic heterocycles. The fourth-order valence-corrected chi connectivity index (χ4v) is 6.68. The monoisotopic (exact) mass is 479 g/mol. The first-order valence-corrected chi connectivity index (χ1v) is 13.0. The van der Waals surface area contributed by atoms with Gasteiger partial charge >= 0.3 is 11.8 Å². The molecule has 3 rings (SSSR count). The second-order valence-corrected chi connectivity index (χ2v) is 10.6. The van der Waals surface area contributed by atoms with Crippen molar-refractivity contribution in [2.45, 2.75) is 42.4 Å². The molecule has 0 bridgehead atoms. The number of hydrogen-bond acceptors (Lipinski definition) is 6. The van der Waals surface area contributed by atoms with Crippen LogP contribution in [-0.4, -0.2) is 57.3 Å². The molecule has 0 saturated carbocycles. The highest BCUT2D eigenvalue weighted by atomic mass is 32.2.